The molecular formula is C24H22N4. The maximum Gasteiger partial charge on any atom is 0.0916 e. The van der Waals surface area contributed by atoms with Crippen LogP contribution in [0.5, 0.6) is 0 Å². The van der Waals surface area contributed by atoms with Crippen LogP contribution in [0.3, 0.4) is 0 Å². The smallest absolute Gasteiger partial charge is 0.0916 e. The summed E-state index contributed by atoms with van der Waals surface area (Å²) >= 11 is 0. The molecule has 0 saturated heterocycles. The van der Waals surface area contributed by atoms with Crippen LogP contribution in [0.15, 0.2) is 71.7 Å². The molecule has 0 aliphatic rings. The highest BCUT2D eigenvalue weighted by Crippen LogP contribution is 2.26. The number of aryl methyl sites for hydroxylation is 1. The van der Waals surface area contributed by atoms with Crippen molar-refractivity contribution in [1.29, 1.82) is 0 Å². The van der Waals surface area contributed by atoms with Gasteiger partial charge in [-0.3, -0.25) is 4.99 Å². The Morgan fingerprint density at radius 2 is 1.54 bits per heavy atom. The monoisotopic (exact) mass is 366 g/mol. The van der Waals surface area contributed by atoms with E-state index in [9.17, 15) is 0 Å². The number of allylic oxidation sites excluding steroid dienone is 1. The van der Waals surface area contributed by atoms with Crippen LogP contribution >= 0.6 is 0 Å². The van der Waals surface area contributed by atoms with Crippen molar-refractivity contribution >= 4 is 45.7 Å². The summed E-state index contributed by atoms with van der Waals surface area (Å²) in [5.74, 6) is 0. The summed E-state index contributed by atoms with van der Waals surface area (Å²) in [6, 6.07) is 20.4. The summed E-state index contributed by atoms with van der Waals surface area (Å²) in [4.78, 5) is 16.3. The van der Waals surface area contributed by atoms with Crippen LogP contribution in [-0.4, -0.2) is 30.3 Å². The van der Waals surface area contributed by atoms with Crippen LogP contribution < -0.4 is 4.90 Å². The Labute approximate surface area is 164 Å². The second-order valence-corrected chi connectivity index (χ2v) is 6.97. The molecule has 1 heterocycles. The van der Waals surface area contributed by atoms with Crippen molar-refractivity contribution in [3.05, 3.63) is 77.9 Å². The van der Waals surface area contributed by atoms with E-state index in [1.54, 1.807) is 0 Å². The molecule has 28 heavy (non-hydrogen) atoms. The van der Waals surface area contributed by atoms with Crippen molar-refractivity contribution < 1.29 is 0 Å². The van der Waals surface area contributed by atoms with Crippen LogP contribution in [0.1, 0.15) is 11.1 Å². The average molecular weight is 366 g/mol. The first kappa shape index (κ1) is 17.9. The van der Waals surface area contributed by atoms with Gasteiger partial charge in [-0.15, -0.1) is 0 Å². The number of hydrogen-bond donors (Lipinski definition) is 0. The minimum absolute atomic E-state index is 0.855. The van der Waals surface area contributed by atoms with Crippen LogP contribution in [-0.2, 0) is 0 Å². The molecule has 0 aliphatic heterocycles. The van der Waals surface area contributed by atoms with Crippen molar-refractivity contribution in [3.8, 4) is 0 Å². The number of aliphatic imine (C=N–C) groups is 1. The van der Waals surface area contributed by atoms with Crippen molar-refractivity contribution in [2.45, 2.75) is 6.92 Å². The first-order valence-electron chi connectivity index (χ1n) is 9.25. The third kappa shape index (κ3) is 3.76. The second kappa shape index (κ2) is 7.61. The molecule has 138 valence electrons. The highest BCUT2D eigenvalue weighted by Gasteiger charge is 2.06. The normalized spacial score (nSPS) is 11.8. The van der Waals surface area contributed by atoms with E-state index < -0.39 is 0 Å². The van der Waals surface area contributed by atoms with Crippen LogP contribution in [0.4, 0.5) is 11.4 Å². The Balaban J connectivity index is 1.68. The summed E-state index contributed by atoms with van der Waals surface area (Å²) < 4.78 is 0. The number of aromatic nitrogens is 2. The maximum atomic E-state index is 4.82. The first-order chi connectivity index (χ1) is 13.6. The average Bonchev–Trinajstić information content (AvgIpc) is 2.70. The van der Waals surface area contributed by atoms with Gasteiger partial charge in [0.1, 0.15) is 0 Å². The van der Waals surface area contributed by atoms with E-state index in [4.69, 9.17) is 9.97 Å². The zero-order chi connectivity index (χ0) is 19.5. The topological polar surface area (TPSA) is 41.4 Å². The summed E-state index contributed by atoms with van der Waals surface area (Å²) in [5.41, 5.74) is 7.78. The molecule has 0 atom stereocenters. The fourth-order valence-electron chi connectivity index (χ4n) is 3.06. The molecule has 4 rings (SSSR count). The van der Waals surface area contributed by atoms with Gasteiger partial charge in [-0.1, -0.05) is 36.4 Å². The quantitative estimate of drug-likeness (QED) is 0.350. The molecule has 0 unspecified atom stereocenters. The van der Waals surface area contributed by atoms with Crippen molar-refractivity contribution in [3.63, 3.8) is 0 Å². The van der Waals surface area contributed by atoms with E-state index in [0.717, 1.165) is 44.6 Å². The lowest BCUT2D eigenvalue weighted by Gasteiger charge is -2.12. The number of fused-ring (bicyclic) bond motifs is 2. The predicted molar refractivity (Wildman–Crippen MR) is 120 cm³/mol. The SMILES string of the molecule is Cc1cc2nc3ccc(N(C)C)cc3nc2cc1N=C/C=C/c1ccccc1. The maximum absolute atomic E-state index is 4.82. The molecule has 0 saturated carbocycles. The Bertz CT molecular complexity index is 1190. The zero-order valence-corrected chi connectivity index (χ0v) is 16.3. The molecule has 0 amide bonds. The first-order valence-corrected chi connectivity index (χ1v) is 9.25. The lowest BCUT2D eigenvalue weighted by molar-refractivity contribution is 1.13. The van der Waals surface area contributed by atoms with Crippen LogP contribution in [0.25, 0.3) is 28.1 Å². The van der Waals surface area contributed by atoms with E-state index in [1.165, 1.54) is 0 Å². The molecule has 1 aromatic heterocycles. The van der Waals surface area contributed by atoms with Gasteiger partial charge in [-0.05, 0) is 54.5 Å². The molecule has 4 nitrogen and oxygen atoms in total. The van der Waals surface area contributed by atoms with E-state index in [-0.39, 0.29) is 0 Å². The van der Waals surface area contributed by atoms with E-state index in [0.29, 0.717) is 0 Å². The predicted octanol–water partition coefficient (Wildman–Crippen LogP) is 5.57. The van der Waals surface area contributed by atoms with Gasteiger partial charge in [0.15, 0.2) is 0 Å². The zero-order valence-electron chi connectivity index (χ0n) is 16.3. The minimum atomic E-state index is 0.855. The van der Waals surface area contributed by atoms with Crippen molar-refractivity contribution in [2.75, 3.05) is 19.0 Å². The molecule has 0 aliphatic carbocycles. The highest BCUT2D eigenvalue weighted by molar-refractivity contribution is 5.90. The van der Waals surface area contributed by atoms with E-state index in [1.807, 2.05) is 69.7 Å². The van der Waals surface area contributed by atoms with Crippen molar-refractivity contribution in [2.24, 2.45) is 4.99 Å². The van der Waals surface area contributed by atoms with Gasteiger partial charge < -0.3 is 4.90 Å². The van der Waals surface area contributed by atoms with E-state index in [2.05, 4.69) is 40.2 Å². The van der Waals surface area contributed by atoms with Gasteiger partial charge in [0.25, 0.3) is 0 Å². The van der Waals surface area contributed by atoms with Gasteiger partial charge in [-0.2, -0.15) is 0 Å². The summed E-state index contributed by atoms with van der Waals surface area (Å²) in [5, 5.41) is 0. The summed E-state index contributed by atoms with van der Waals surface area (Å²) in [7, 11) is 4.05. The van der Waals surface area contributed by atoms with Gasteiger partial charge in [0, 0.05) is 26.0 Å². The van der Waals surface area contributed by atoms with Gasteiger partial charge >= 0.3 is 0 Å². The largest absolute Gasteiger partial charge is 0.378 e. The molecule has 4 aromatic rings. The molecule has 0 N–H and O–H groups in total. The molecule has 0 bridgehead atoms. The molecule has 3 aromatic carbocycles. The molecule has 0 fully saturated rings. The van der Waals surface area contributed by atoms with Crippen LogP contribution in [0, 0.1) is 6.92 Å². The third-order valence-electron chi connectivity index (χ3n) is 4.64. The number of benzene rings is 3. The van der Waals surface area contributed by atoms with E-state index >= 15 is 0 Å². The third-order valence-corrected chi connectivity index (χ3v) is 4.64. The number of anilines is 1. The Morgan fingerprint density at radius 3 is 2.32 bits per heavy atom. The lowest BCUT2D eigenvalue weighted by atomic mass is 10.1. The Morgan fingerprint density at radius 1 is 0.821 bits per heavy atom. The fourth-order valence-corrected chi connectivity index (χ4v) is 3.06. The number of nitrogens with zero attached hydrogens (tertiary/aromatic N) is 4. The molecule has 4 heteroatoms. The molecule has 0 radical (unpaired) electrons. The van der Waals surface area contributed by atoms with Crippen LogP contribution in [0.2, 0.25) is 0 Å². The number of hydrogen-bond acceptors (Lipinski definition) is 4. The molecular weight excluding hydrogens is 344 g/mol. The van der Waals surface area contributed by atoms with Crippen molar-refractivity contribution in [1.82, 2.24) is 9.97 Å². The standard InChI is InChI=1S/C24H22N4/c1-17-14-22-24(27-23-15-19(28(2)3)11-12-20(23)26-22)16-21(17)25-13-7-10-18-8-5-4-6-9-18/h4-16H,1-3H3/b10-7+,25-13?. The fraction of sp³-hybridized carbons (Fsp3) is 0.125. The van der Waals surface area contributed by atoms with Gasteiger partial charge in [0.2, 0.25) is 0 Å². The van der Waals surface area contributed by atoms with Gasteiger partial charge in [0.05, 0.1) is 27.8 Å². The summed E-state index contributed by atoms with van der Waals surface area (Å²) in [6.07, 6.45) is 5.81. The molecule has 0 spiro atoms. The Hall–Kier alpha value is -3.53. The minimum Gasteiger partial charge on any atom is -0.378 e. The lowest BCUT2D eigenvalue weighted by Crippen LogP contribution is -2.08. The van der Waals surface area contributed by atoms with Gasteiger partial charge in [-0.25, -0.2) is 9.97 Å². The highest BCUT2D eigenvalue weighted by atomic mass is 15.1. The summed E-state index contributed by atoms with van der Waals surface area (Å²) in [6.45, 7) is 2.05. The second-order valence-electron chi connectivity index (χ2n) is 6.97. The number of rotatable bonds is 4. The Kier molecular flexibility index (Phi) is 4.85.